The highest BCUT2D eigenvalue weighted by atomic mass is 16.6. The Morgan fingerprint density at radius 1 is 0.763 bits per heavy atom. The highest BCUT2D eigenvalue weighted by molar-refractivity contribution is 6.03. The van der Waals surface area contributed by atoms with E-state index in [1.807, 2.05) is 48.5 Å². The third-order valence-electron chi connectivity index (χ3n) is 6.47. The van der Waals surface area contributed by atoms with Crippen LogP contribution in [0.4, 0.5) is 5.69 Å². The molecule has 9 nitrogen and oxygen atoms in total. The Morgan fingerprint density at radius 2 is 1.21 bits per heavy atom. The molecule has 38 heavy (non-hydrogen) atoms. The Labute approximate surface area is 217 Å². The average molecular weight is 512 g/mol. The number of carbonyl (C=O) groups excluding carboxylic acids is 2. The number of nitrogens with one attached hydrogen (secondary N) is 2. The van der Waals surface area contributed by atoms with Crippen LogP contribution >= 0.6 is 0 Å². The number of non-ortho nitro benzene ring substituents is 1. The molecule has 0 radical (unpaired) electrons. The number of H-pyrrole nitrogens is 2. The molecule has 0 aliphatic heterocycles. The van der Waals surface area contributed by atoms with Crippen LogP contribution in [0.25, 0.3) is 21.8 Å². The second-order valence-corrected chi connectivity index (χ2v) is 8.64. The van der Waals surface area contributed by atoms with E-state index in [1.54, 1.807) is 26.0 Å². The van der Waals surface area contributed by atoms with Crippen molar-refractivity contribution in [1.82, 2.24) is 9.97 Å². The second-order valence-electron chi connectivity index (χ2n) is 8.64. The quantitative estimate of drug-likeness (QED) is 0.147. The van der Waals surface area contributed by atoms with E-state index in [4.69, 9.17) is 9.47 Å². The molecule has 0 unspecified atom stereocenters. The van der Waals surface area contributed by atoms with E-state index < -0.39 is 22.8 Å². The third-order valence-corrected chi connectivity index (χ3v) is 6.47. The third kappa shape index (κ3) is 4.28. The summed E-state index contributed by atoms with van der Waals surface area (Å²) in [4.78, 5) is 43.8. The van der Waals surface area contributed by atoms with Crippen LogP contribution in [0.15, 0.2) is 72.8 Å². The van der Waals surface area contributed by atoms with E-state index in [-0.39, 0.29) is 30.3 Å². The van der Waals surface area contributed by atoms with Gasteiger partial charge in [-0.3, -0.25) is 10.1 Å². The van der Waals surface area contributed by atoms with Gasteiger partial charge in [0.05, 0.1) is 18.1 Å². The van der Waals surface area contributed by atoms with Gasteiger partial charge in [0.25, 0.3) is 5.69 Å². The van der Waals surface area contributed by atoms with E-state index in [1.165, 1.54) is 12.1 Å². The zero-order valence-electron chi connectivity index (χ0n) is 20.8. The van der Waals surface area contributed by atoms with Crippen LogP contribution in [0.1, 0.15) is 57.4 Å². The van der Waals surface area contributed by atoms with Gasteiger partial charge in [-0.05, 0) is 31.5 Å². The molecule has 0 fully saturated rings. The zero-order valence-corrected chi connectivity index (χ0v) is 20.8. The molecule has 192 valence electrons. The summed E-state index contributed by atoms with van der Waals surface area (Å²) in [5.74, 6) is -1.76. The molecule has 9 heteroatoms. The van der Waals surface area contributed by atoms with Gasteiger partial charge in [-0.25, -0.2) is 9.59 Å². The van der Waals surface area contributed by atoms with Crippen LogP contribution in [0, 0.1) is 10.1 Å². The minimum absolute atomic E-state index is 0.0680. The molecule has 2 aromatic heterocycles. The number of aromatic amines is 2. The Bertz CT molecular complexity index is 1570. The lowest BCUT2D eigenvalue weighted by Crippen LogP contribution is -2.15. The Hall–Kier alpha value is -4.92. The lowest BCUT2D eigenvalue weighted by molar-refractivity contribution is -0.384. The maximum atomic E-state index is 13.2. The van der Waals surface area contributed by atoms with Crippen molar-refractivity contribution in [2.24, 2.45) is 0 Å². The SMILES string of the molecule is CCOC(=O)c1[nH]c2ccccc2c1C(c1ccc([N+](=O)[O-])cc1)c1c(C(=O)OCC)[nH]c2ccccc12. The fourth-order valence-electron chi connectivity index (χ4n) is 4.92. The fraction of sp³-hybridized carbons (Fsp3) is 0.172. The number of nitro benzene ring substituents is 1. The molecule has 3 aromatic carbocycles. The van der Waals surface area contributed by atoms with Crippen molar-refractivity contribution in [3.8, 4) is 0 Å². The molecule has 0 aliphatic carbocycles. The summed E-state index contributed by atoms with van der Waals surface area (Å²) in [7, 11) is 0. The van der Waals surface area contributed by atoms with Gasteiger partial charge in [0.15, 0.2) is 0 Å². The lowest BCUT2D eigenvalue weighted by Gasteiger charge is -2.20. The number of hydrogen-bond donors (Lipinski definition) is 2. The van der Waals surface area contributed by atoms with Crippen LogP contribution < -0.4 is 0 Å². The number of esters is 2. The molecule has 0 amide bonds. The maximum absolute atomic E-state index is 13.2. The minimum Gasteiger partial charge on any atom is -0.461 e. The predicted octanol–water partition coefficient (Wildman–Crippen LogP) is 6.09. The number of nitrogens with zero attached hydrogens (tertiary/aromatic N) is 1. The standard InChI is InChI=1S/C29H25N3O6/c1-3-37-28(33)26-24(19-9-5-7-11-21(19)30-26)23(17-13-15-18(16-14-17)32(35)36)25-20-10-6-8-12-22(20)31-27(25)29(34)38-4-2/h5-16,23,30-31H,3-4H2,1-2H3. The van der Waals surface area contributed by atoms with Crippen LogP contribution in [0.2, 0.25) is 0 Å². The number of carbonyl (C=O) groups is 2. The predicted molar refractivity (Wildman–Crippen MR) is 143 cm³/mol. The topological polar surface area (TPSA) is 127 Å². The van der Waals surface area contributed by atoms with Crippen molar-refractivity contribution in [3.05, 3.63) is 111 Å². The summed E-state index contributed by atoms with van der Waals surface area (Å²) >= 11 is 0. The summed E-state index contributed by atoms with van der Waals surface area (Å²) in [5, 5.41) is 12.9. The summed E-state index contributed by atoms with van der Waals surface area (Å²) in [6.45, 7) is 3.81. The smallest absolute Gasteiger partial charge is 0.355 e. The molecule has 5 rings (SSSR count). The van der Waals surface area contributed by atoms with E-state index in [0.29, 0.717) is 16.7 Å². The number of benzene rings is 3. The molecule has 2 N–H and O–H groups in total. The van der Waals surface area contributed by atoms with Crippen molar-refractivity contribution >= 4 is 39.4 Å². The van der Waals surface area contributed by atoms with Gasteiger partial charge in [0.1, 0.15) is 11.4 Å². The first kappa shape index (κ1) is 24.8. The molecule has 5 aromatic rings. The van der Waals surface area contributed by atoms with Crippen LogP contribution in [0.5, 0.6) is 0 Å². The van der Waals surface area contributed by atoms with Crippen LogP contribution in [-0.2, 0) is 9.47 Å². The highest BCUT2D eigenvalue weighted by Crippen LogP contribution is 2.43. The molecule has 0 atom stereocenters. The van der Waals surface area contributed by atoms with Crippen molar-refractivity contribution in [2.45, 2.75) is 19.8 Å². The molecule has 0 saturated carbocycles. The van der Waals surface area contributed by atoms with Crippen molar-refractivity contribution in [1.29, 1.82) is 0 Å². The Kier molecular flexibility index (Phi) is 6.66. The number of aromatic nitrogens is 2. The van der Waals surface area contributed by atoms with Crippen molar-refractivity contribution in [2.75, 3.05) is 13.2 Å². The average Bonchev–Trinajstić information content (AvgIpc) is 3.49. The van der Waals surface area contributed by atoms with Gasteiger partial charge in [-0.2, -0.15) is 0 Å². The van der Waals surface area contributed by atoms with Gasteiger partial charge in [-0.15, -0.1) is 0 Å². The Morgan fingerprint density at radius 3 is 1.63 bits per heavy atom. The van der Waals surface area contributed by atoms with Crippen LogP contribution in [0.3, 0.4) is 0 Å². The lowest BCUT2D eigenvalue weighted by atomic mass is 9.81. The van der Waals surface area contributed by atoms with Gasteiger partial charge in [-0.1, -0.05) is 48.5 Å². The van der Waals surface area contributed by atoms with Gasteiger partial charge < -0.3 is 19.4 Å². The molecule has 0 aliphatic rings. The highest BCUT2D eigenvalue weighted by Gasteiger charge is 2.33. The molecular weight excluding hydrogens is 486 g/mol. The number of ether oxygens (including phenoxy) is 2. The summed E-state index contributed by atoms with van der Waals surface area (Å²) in [5.41, 5.74) is 3.71. The number of hydrogen-bond acceptors (Lipinski definition) is 6. The molecule has 2 heterocycles. The summed E-state index contributed by atoms with van der Waals surface area (Å²) in [6.07, 6.45) is 0. The fourth-order valence-corrected chi connectivity index (χ4v) is 4.92. The normalized spacial score (nSPS) is 11.2. The zero-order chi connectivity index (χ0) is 26.8. The number of fused-ring (bicyclic) bond motifs is 2. The number of nitro groups is 1. The van der Waals surface area contributed by atoms with Crippen molar-refractivity contribution < 1.29 is 24.0 Å². The second kappa shape index (κ2) is 10.2. The molecular formula is C29H25N3O6. The first-order chi connectivity index (χ1) is 18.4. The number of rotatable bonds is 8. The first-order valence-corrected chi connectivity index (χ1v) is 12.2. The summed E-state index contributed by atoms with van der Waals surface area (Å²) < 4.78 is 10.8. The van der Waals surface area contributed by atoms with Crippen LogP contribution in [-0.4, -0.2) is 40.0 Å². The van der Waals surface area contributed by atoms with E-state index in [9.17, 15) is 19.7 Å². The summed E-state index contributed by atoms with van der Waals surface area (Å²) in [6, 6.07) is 21.1. The van der Waals surface area contributed by atoms with Gasteiger partial charge in [0, 0.05) is 51.0 Å². The Balaban J connectivity index is 1.89. The monoisotopic (exact) mass is 511 g/mol. The largest absolute Gasteiger partial charge is 0.461 e. The number of para-hydroxylation sites is 2. The van der Waals surface area contributed by atoms with Gasteiger partial charge in [0.2, 0.25) is 0 Å². The van der Waals surface area contributed by atoms with E-state index in [2.05, 4.69) is 9.97 Å². The molecule has 0 spiro atoms. The first-order valence-electron chi connectivity index (χ1n) is 12.2. The van der Waals surface area contributed by atoms with E-state index >= 15 is 0 Å². The molecule has 0 saturated heterocycles. The van der Waals surface area contributed by atoms with Crippen molar-refractivity contribution in [3.63, 3.8) is 0 Å². The maximum Gasteiger partial charge on any atom is 0.355 e. The van der Waals surface area contributed by atoms with E-state index in [0.717, 1.165) is 21.8 Å². The van der Waals surface area contributed by atoms with Gasteiger partial charge >= 0.3 is 11.9 Å². The minimum atomic E-state index is -0.679. The molecule has 0 bridgehead atoms.